The lowest BCUT2D eigenvalue weighted by molar-refractivity contribution is -0.193. The van der Waals surface area contributed by atoms with Crippen molar-refractivity contribution in [2.45, 2.75) is 44.3 Å². The van der Waals surface area contributed by atoms with Crippen LogP contribution in [-0.4, -0.2) is 79.5 Å². The molecule has 1 aliphatic rings. The Hall–Kier alpha value is -3.73. The molecule has 0 bridgehead atoms. The molecule has 0 atom stereocenters. The summed E-state index contributed by atoms with van der Waals surface area (Å²) in [6.07, 6.45) is -3.98. The molecule has 0 spiro atoms. The van der Waals surface area contributed by atoms with E-state index in [1.807, 2.05) is 30.2 Å². The van der Waals surface area contributed by atoms with Gasteiger partial charge in [0.05, 0.1) is 17.9 Å². The Morgan fingerprint density at radius 2 is 1.64 bits per heavy atom. The fourth-order valence-electron chi connectivity index (χ4n) is 3.63. The van der Waals surface area contributed by atoms with Crippen molar-refractivity contribution in [1.82, 2.24) is 30.2 Å². The van der Waals surface area contributed by atoms with Crippen LogP contribution in [0, 0.1) is 5.82 Å². The zero-order valence-electron chi connectivity index (χ0n) is 20.4. The number of nitrogens with zero attached hydrogens (tertiary/aromatic N) is 4. The van der Waals surface area contributed by atoms with E-state index in [0.717, 1.165) is 55.6 Å². The molecule has 39 heavy (non-hydrogen) atoms. The number of carboxylic acid groups (broad SMARTS) is 2. The van der Waals surface area contributed by atoms with E-state index in [1.165, 1.54) is 11.6 Å². The number of hydrogen-bond donors (Lipinski definition) is 4. The van der Waals surface area contributed by atoms with Crippen LogP contribution < -0.4 is 5.32 Å². The Kier molecular flexibility index (Phi) is 10.8. The minimum Gasteiger partial charge on any atom is -0.475 e. The molecular weight excluding hydrogens is 545 g/mol. The van der Waals surface area contributed by atoms with Gasteiger partial charge in [0.25, 0.3) is 0 Å². The van der Waals surface area contributed by atoms with Gasteiger partial charge in [0.15, 0.2) is 0 Å². The van der Waals surface area contributed by atoms with E-state index in [4.69, 9.17) is 19.8 Å². The van der Waals surface area contributed by atoms with E-state index in [9.17, 15) is 30.7 Å². The largest absolute Gasteiger partial charge is 0.490 e. The number of aromatic amines is 1. The highest BCUT2D eigenvalue weighted by molar-refractivity contribution is 5.83. The molecule has 1 aromatic carbocycles. The average Bonchev–Trinajstić information content (AvgIpc) is 3.46. The number of H-pyrrole nitrogens is 1. The molecular formula is C22H25F7N6O4. The maximum atomic E-state index is 13.3. The smallest absolute Gasteiger partial charge is 0.475 e. The molecule has 10 nitrogen and oxygen atoms in total. The monoisotopic (exact) mass is 570 g/mol. The molecule has 0 saturated carbocycles. The van der Waals surface area contributed by atoms with E-state index in [2.05, 4.69) is 25.5 Å². The van der Waals surface area contributed by atoms with Crippen LogP contribution >= 0.6 is 0 Å². The summed E-state index contributed by atoms with van der Waals surface area (Å²) in [7, 11) is 1.91. The number of aromatic nitrogens is 4. The van der Waals surface area contributed by atoms with E-state index in [0.29, 0.717) is 6.04 Å². The van der Waals surface area contributed by atoms with Crippen molar-refractivity contribution in [3.05, 3.63) is 47.7 Å². The van der Waals surface area contributed by atoms with Gasteiger partial charge in [0, 0.05) is 43.3 Å². The molecule has 1 saturated heterocycles. The number of piperidine rings is 1. The third-order valence-corrected chi connectivity index (χ3v) is 5.46. The first-order valence-electron chi connectivity index (χ1n) is 11.2. The zero-order chi connectivity index (χ0) is 29.4. The van der Waals surface area contributed by atoms with Crippen LogP contribution in [0.5, 0.6) is 0 Å². The van der Waals surface area contributed by atoms with Gasteiger partial charge in [-0.25, -0.2) is 18.7 Å². The first kappa shape index (κ1) is 31.5. The maximum absolute atomic E-state index is 13.3. The normalized spacial score (nSPS) is 14.8. The van der Waals surface area contributed by atoms with Crippen molar-refractivity contribution in [1.29, 1.82) is 0 Å². The van der Waals surface area contributed by atoms with Crippen molar-refractivity contribution in [2.75, 3.05) is 20.1 Å². The summed E-state index contributed by atoms with van der Waals surface area (Å²) in [6.45, 7) is 3.69. The fourth-order valence-corrected chi connectivity index (χ4v) is 3.63. The summed E-state index contributed by atoms with van der Waals surface area (Å²) in [5, 5.41) is 26.9. The molecule has 3 heterocycles. The third-order valence-electron chi connectivity index (χ3n) is 5.46. The van der Waals surface area contributed by atoms with Crippen LogP contribution in [0.15, 0.2) is 30.6 Å². The Balaban J connectivity index is 0.000000317. The molecule has 0 amide bonds. The summed E-state index contributed by atoms with van der Waals surface area (Å²) in [6, 6.07) is 5.37. The van der Waals surface area contributed by atoms with E-state index in [-0.39, 0.29) is 5.82 Å². The van der Waals surface area contributed by atoms with Crippen LogP contribution in [0.3, 0.4) is 0 Å². The molecule has 3 aromatic rings. The van der Waals surface area contributed by atoms with Gasteiger partial charge in [-0.2, -0.15) is 26.3 Å². The number of hydrogen-bond acceptors (Lipinski definition) is 6. The van der Waals surface area contributed by atoms with Crippen LogP contribution in [0.4, 0.5) is 30.7 Å². The molecule has 1 aliphatic heterocycles. The highest BCUT2D eigenvalue weighted by Gasteiger charge is 2.38. The SMILES string of the molecule is CNCc1cn(C2CCN(Cc3c[nH]c4cc(F)ccc34)CC2)nn1.O=C(O)C(F)(F)F.O=C(O)C(F)(F)F. The Morgan fingerprint density at radius 3 is 2.15 bits per heavy atom. The third kappa shape index (κ3) is 9.82. The lowest BCUT2D eigenvalue weighted by Crippen LogP contribution is -2.34. The van der Waals surface area contributed by atoms with Gasteiger partial charge in [-0.05, 0) is 43.7 Å². The van der Waals surface area contributed by atoms with Gasteiger partial charge in [-0.3, -0.25) is 4.90 Å². The predicted octanol–water partition coefficient (Wildman–Crippen LogP) is 3.72. The number of rotatable bonds is 5. The van der Waals surface area contributed by atoms with Crippen molar-refractivity contribution < 1.29 is 50.5 Å². The van der Waals surface area contributed by atoms with Gasteiger partial charge in [0.2, 0.25) is 0 Å². The van der Waals surface area contributed by atoms with Gasteiger partial charge in [-0.15, -0.1) is 5.10 Å². The van der Waals surface area contributed by atoms with E-state index in [1.54, 1.807) is 6.07 Å². The minimum atomic E-state index is -5.08. The second-order valence-electron chi connectivity index (χ2n) is 8.34. The number of carbonyl (C=O) groups is 2. The summed E-state index contributed by atoms with van der Waals surface area (Å²) < 4.78 is 78.8. The van der Waals surface area contributed by atoms with Crippen LogP contribution in [-0.2, 0) is 22.7 Å². The van der Waals surface area contributed by atoms with E-state index >= 15 is 0 Å². The van der Waals surface area contributed by atoms with Crippen molar-refractivity contribution >= 4 is 22.8 Å². The van der Waals surface area contributed by atoms with Gasteiger partial charge < -0.3 is 20.5 Å². The number of likely N-dealkylation sites (tertiary alicyclic amines) is 1. The Bertz CT molecular complexity index is 1210. The number of nitrogens with one attached hydrogen (secondary N) is 2. The molecule has 1 fully saturated rings. The predicted molar refractivity (Wildman–Crippen MR) is 122 cm³/mol. The van der Waals surface area contributed by atoms with Crippen molar-refractivity contribution in [3.8, 4) is 0 Å². The van der Waals surface area contributed by atoms with Crippen molar-refractivity contribution in [2.24, 2.45) is 0 Å². The van der Waals surface area contributed by atoms with Gasteiger partial charge in [0.1, 0.15) is 5.82 Å². The molecule has 0 aliphatic carbocycles. The highest BCUT2D eigenvalue weighted by atomic mass is 19.4. The summed E-state index contributed by atoms with van der Waals surface area (Å²) >= 11 is 0. The number of fused-ring (bicyclic) bond motifs is 1. The standard InChI is InChI=1S/C18H23FN6.2C2HF3O2/c1-20-10-15-12-25(23-22-15)16-4-6-24(7-5-16)11-13-9-21-18-8-14(19)2-3-17(13)18;2*3-2(4,5)1(6)7/h2-3,8-9,12,16,20-21H,4-7,10-11H2,1H3;2*(H,6,7). The van der Waals surface area contributed by atoms with Crippen LogP contribution in [0.1, 0.15) is 30.1 Å². The van der Waals surface area contributed by atoms with Gasteiger partial charge >= 0.3 is 24.3 Å². The lowest BCUT2D eigenvalue weighted by Gasteiger charge is -2.31. The molecule has 0 unspecified atom stereocenters. The minimum absolute atomic E-state index is 0.202. The van der Waals surface area contributed by atoms with E-state index < -0.39 is 24.3 Å². The van der Waals surface area contributed by atoms with Gasteiger partial charge in [-0.1, -0.05) is 5.21 Å². The number of benzene rings is 1. The number of alkyl halides is 6. The first-order valence-corrected chi connectivity index (χ1v) is 11.2. The fraction of sp³-hybridized carbons (Fsp3) is 0.455. The molecule has 216 valence electrons. The molecule has 4 N–H and O–H groups in total. The molecule has 2 aromatic heterocycles. The maximum Gasteiger partial charge on any atom is 0.490 e. The molecule has 17 heteroatoms. The Labute approximate surface area is 216 Å². The topological polar surface area (TPSA) is 136 Å². The second kappa shape index (κ2) is 13.4. The number of halogens is 7. The summed E-state index contributed by atoms with van der Waals surface area (Å²) in [5.41, 5.74) is 3.08. The number of aliphatic carboxylic acids is 2. The molecule has 4 rings (SSSR count). The second-order valence-corrected chi connectivity index (χ2v) is 8.34. The Morgan fingerprint density at radius 1 is 1.08 bits per heavy atom. The quantitative estimate of drug-likeness (QED) is 0.341. The lowest BCUT2D eigenvalue weighted by atomic mass is 10.0. The average molecular weight is 570 g/mol. The van der Waals surface area contributed by atoms with Crippen LogP contribution in [0.2, 0.25) is 0 Å². The highest BCUT2D eigenvalue weighted by Crippen LogP contribution is 2.26. The molecule has 0 radical (unpaired) electrons. The van der Waals surface area contributed by atoms with Crippen LogP contribution in [0.25, 0.3) is 10.9 Å². The van der Waals surface area contributed by atoms with Crippen molar-refractivity contribution in [3.63, 3.8) is 0 Å². The zero-order valence-corrected chi connectivity index (χ0v) is 20.4. The summed E-state index contributed by atoms with van der Waals surface area (Å²) in [5.74, 6) is -5.72. The first-order chi connectivity index (χ1) is 18.1. The summed E-state index contributed by atoms with van der Waals surface area (Å²) in [4.78, 5) is 23.4. The number of carboxylic acids is 2.